The summed E-state index contributed by atoms with van der Waals surface area (Å²) in [6.07, 6.45) is 1.26. The first-order valence-electron chi connectivity index (χ1n) is 3.22. The normalized spacial score (nSPS) is 12.6. The molecule has 1 aromatic rings. The van der Waals surface area contributed by atoms with E-state index in [0.717, 1.165) is 0 Å². The third kappa shape index (κ3) is 1.96. The van der Waals surface area contributed by atoms with Crippen molar-refractivity contribution >= 4 is 23.2 Å². The molecule has 12 heavy (non-hydrogen) atoms. The number of halogens is 3. The van der Waals surface area contributed by atoms with Crippen LogP contribution in [0.1, 0.15) is 11.7 Å². The first-order valence-corrected chi connectivity index (χ1v) is 3.98. The summed E-state index contributed by atoms with van der Waals surface area (Å²) in [5.41, 5.74) is 0.361. The Kier molecular flexibility index (Phi) is 3.06. The first-order chi connectivity index (χ1) is 5.65. The van der Waals surface area contributed by atoms with Crippen LogP contribution in [0.2, 0.25) is 10.2 Å². The SMILES string of the molecule is C=CC(F)c1cnc(Cl)c(Cl)c1. The Morgan fingerprint density at radius 1 is 1.58 bits per heavy atom. The van der Waals surface area contributed by atoms with Gasteiger partial charge < -0.3 is 0 Å². The summed E-state index contributed by atoms with van der Waals surface area (Å²) < 4.78 is 12.9. The summed E-state index contributed by atoms with van der Waals surface area (Å²) in [6, 6.07) is 1.43. The van der Waals surface area contributed by atoms with Gasteiger partial charge in [-0.3, -0.25) is 0 Å². The summed E-state index contributed by atoms with van der Waals surface area (Å²) in [7, 11) is 0. The monoisotopic (exact) mass is 205 g/mol. The molecule has 0 aromatic carbocycles. The molecule has 0 bridgehead atoms. The van der Waals surface area contributed by atoms with Crippen molar-refractivity contribution in [1.82, 2.24) is 4.98 Å². The van der Waals surface area contributed by atoms with Crippen molar-refractivity contribution in [2.24, 2.45) is 0 Å². The van der Waals surface area contributed by atoms with Crippen LogP contribution in [-0.4, -0.2) is 4.98 Å². The zero-order chi connectivity index (χ0) is 9.14. The van der Waals surface area contributed by atoms with Crippen molar-refractivity contribution in [3.63, 3.8) is 0 Å². The lowest BCUT2D eigenvalue weighted by Gasteiger charge is -2.02. The molecule has 0 aliphatic carbocycles. The average Bonchev–Trinajstić information content (AvgIpc) is 2.08. The quantitative estimate of drug-likeness (QED) is 0.532. The van der Waals surface area contributed by atoms with Gasteiger partial charge in [-0.25, -0.2) is 9.37 Å². The Labute approximate surface area is 79.8 Å². The Morgan fingerprint density at radius 2 is 2.25 bits per heavy atom. The third-order valence-corrected chi connectivity index (χ3v) is 2.03. The molecule has 1 unspecified atom stereocenters. The van der Waals surface area contributed by atoms with Crippen LogP contribution in [0.3, 0.4) is 0 Å². The van der Waals surface area contributed by atoms with Gasteiger partial charge in [0, 0.05) is 11.8 Å². The third-order valence-electron chi connectivity index (χ3n) is 1.34. The van der Waals surface area contributed by atoms with Gasteiger partial charge in [0.2, 0.25) is 0 Å². The Hall–Kier alpha value is -0.600. The van der Waals surface area contributed by atoms with Gasteiger partial charge in [-0.15, -0.1) is 0 Å². The lowest BCUT2D eigenvalue weighted by atomic mass is 10.2. The zero-order valence-corrected chi connectivity index (χ0v) is 7.61. The highest BCUT2D eigenvalue weighted by molar-refractivity contribution is 6.41. The second kappa shape index (κ2) is 3.87. The molecule has 0 radical (unpaired) electrons. The summed E-state index contributed by atoms with van der Waals surface area (Å²) in [5, 5.41) is 0.426. The predicted molar refractivity (Wildman–Crippen MR) is 48.3 cm³/mol. The van der Waals surface area contributed by atoms with Gasteiger partial charge >= 0.3 is 0 Å². The molecule has 1 atom stereocenters. The minimum absolute atomic E-state index is 0.177. The van der Waals surface area contributed by atoms with Gasteiger partial charge in [-0.1, -0.05) is 35.9 Å². The molecule has 1 aromatic heterocycles. The Morgan fingerprint density at radius 3 is 2.75 bits per heavy atom. The molecular weight excluding hydrogens is 200 g/mol. The molecule has 0 saturated heterocycles. The van der Waals surface area contributed by atoms with Crippen LogP contribution in [0.25, 0.3) is 0 Å². The van der Waals surface area contributed by atoms with Gasteiger partial charge in [0.05, 0.1) is 5.02 Å². The van der Waals surface area contributed by atoms with Crippen molar-refractivity contribution in [2.45, 2.75) is 6.17 Å². The van der Waals surface area contributed by atoms with Crippen molar-refractivity contribution < 1.29 is 4.39 Å². The summed E-state index contributed by atoms with van der Waals surface area (Å²) >= 11 is 11.2. The topological polar surface area (TPSA) is 12.9 Å². The number of pyridine rings is 1. The van der Waals surface area contributed by atoms with Crippen LogP contribution in [0.15, 0.2) is 24.9 Å². The average molecular weight is 206 g/mol. The molecule has 0 spiro atoms. The van der Waals surface area contributed by atoms with E-state index in [1.165, 1.54) is 18.3 Å². The van der Waals surface area contributed by atoms with Gasteiger partial charge in [0.25, 0.3) is 0 Å². The van der Waals surface area contributed by atoms with Gasteiger partial charge in [-0.2, -0.15) is 0 Å². The number of alkyl halides is 1. The maximum atomic E-state index is 12.9. The molecule has 64 valence electrons. The van der Waals surface area contributed by atoms with E-state index >= 15 is 0 Å². The fourth-order valence-corrected chi connectivity index (χ4v) is 1.00. The Bertz CT molecular complexity index is 301. The molecule has 0 aliphatic heterocycles. The van der Waals surface area contributed by atoms with Crippen molar-refractivity contribution in [3.05, 3.63) is 40.7 Å². The molecule has 0 saturated carbocycles. The van der Waals surface area contributed by atoms with Crippen molar-refractivity contribution in [3.8, 4) is 0 Å². The summed E-state index contributed by atoms with van der Waals surface area (Å²) in [5.74, 6) is 0. The fourth-order valence-electron chi connectivity index (χ4n) is 0.723. The van der Waals surface area contributed by atoms with Crippen LogP contribution in [0, 0.1) is 0 Å². The van der Waals surface area contributed by atoms with Crippen LogP contribution >= 0.6 is 23.2 Å². The zero-order valence-electron chi connectivity index (χ0n) is 6.10. The number of allylic oxidation sites excluding steroid dienone is 1. The Balaban J connectivity index is 3.04. The minimum Gasteiger partial charge on any atom is -0.243 e. The maximum absolute atomic E-state index is 12.9. The molecule has 0 N–H and O–H groups in total. The second-order valence-corrected chi connectivity index (χ2v) is 2.94. The number of nitrogens with zero attached hydrogens (tertiary/aromatic N) is 1. The predicted octanol–water partition coefficient (Wildman–Crippen LogP) is 3.59. The smallest absolute Gasteiger partial charge is 0.147 e. The van der Waals surface area contributed by atoms with Crippen LogP contribution < -0.4 is 0 Å². The highest BCUT2D eigenvalue weighted by Crippen LogP contribution is 2.25. The van der Waals surface area contributed by atoms with Crippen LogP contribution in [0.5, 0.6) is 0 Å². The number of hydrogen-bond donors (Lipinski definition) is 0. The van der Waals surface area contributed by atoms with E-state index < -0.39 is 6.17 Å². The van der Waals surface area contributed by atoms with E-state index in [1.807, 2.05) is 0 Å². The van der Waals surface area contributed by atoms with E-state index in [1.54, 1.807) is 0 Å². The highest BCUT2D eigenvalue weighted by Gasteiger charge is 2.07. The van der Waals surface area contributed by atoms with E-state index in [2.05, 4.69) is 11.6 Å². The number of rotatable bonds is 2. The first kappa shape index (κ1) is 9.49. The molecule has 0 fully saturated rings. The molecular formula is C8H6Cl2FN. The largest absolute Gasteiger partial charge is 0.243 e. The number of hydrogen-bond acceptors (Lipinski definition) is 1. The fraction of sp³-hybridized carbons (Fsp3) is 0.125. The second-order valence-electron chi connectivity index (χ2n) is 2.18. The molecule has 1 nitrogen and oxygen atoms in total. The molecule has 0 amide bonds. The summed E-state index contributed by atoms with van der Waals surface area (Å²) in [4.78, 5) is 3.69. The molecule has 1 heterocycles. The number of aromatic nitrogens is 1. The van der Waals surface area contributed by atoms with E-state index in [0.29, 0.717) is 5.56 Å². The van der Waals surface area contributed by atoms with Gasteiger partial charge in [0.1, 0.15) is 11.3 Å². The van der Waals surface area contributed by atoms with Crippen LogP contribution in [0.4, 0.5) is 4.39 Å². The lowest BCUT2D eigenvalue weighted by molar-refractivity contribution is 0.414. The van der Waals surface area contributed by atoms with Crippen molar-refractivity contribution in [1.29, 1.82) is 0 Å². The van der Waals surface area contributed by atoms with Crippen molar-refractivity contribution in [2.75, 3.05) is 0 Å². The molecule has 0 aliphatic rings. The van der Waals surface area contributed by atoms with E-state index in [-0.39, 0.29) is 10.2 Å². The minimum atomic E-state index is -1.24. The lowest BCUT2D eigenvalue weighted by Crippen LogP contribution is -1.88. The molecule has 1 rings (SSSR count). The molecule has 4 heteroatoms. The van der Waals surface area contributed by atoms with Gasteiger partial charge in [0.15, 0.2) is 0 Å². The maximum Gasteiger partial charge on any atom is 0.147 e. The van der Waals surface area contributed by atoms with Gasteiger partial charge in [-0.05, 0) is 6.07 Å². The van der Waals surface area contributed by atoms with Crippen LogP contribution in [-0.2, 0) is 0 Å². The summed E-state index contributed by atoms with van der Waals surface area (Å²) in [6.45, 7) is 3.31. The standard InChI is InChI=1S/C8H6Cl2FN/c1-2-7(11)5-3-6(9)8(10)12-4-5/h2-4,7H,1H2. The van der Waals surface area contributed by atoms with E-state index in [4.69, 9.17) is 23.2 Å². The highest BCUT2D eigenvalue weighted by atomic mass is 35.5. The van der Waals surface area contributed by atoms with E-state index in [9.17, 15) is 4.39 Å².